The van der Waals surface area contributed by atoms with E-state index in [-0.39, 0.29) is 5.91 Å². The largest absolute Gasteiger partial charge is 0.358 e. The SMILES string of the molecule is CNC(=O)CNCc1cnc[nH]1. The Labute approximate surface area is 70.6 Å². The zero-order valence-corrected chi connectivity index (χ0v) is 6.92. The molecule has 0 saturated carbocycles. The molecule has 1 heterocycles. The molecular formula is C7H12N4O. The molecule has 12 heavy (non-hydrogen) atoms. The number of aromatic amines is 1. The van der Waals surface area contributed by atoms with Gasteiger partial charge in [-0.15, -0.1) is 0 Å². The Morgan fingerprint density at radius 3 is 3.17 bits per heavy atom. The van der Waals surface area contributed by atoms with Gasteiger partial charge in [-0.2, -0.15) is 0 Å². The number of carbonyl (C=O) groups is 1. The van der Waals surface area contributed by atoms with Gasteiger partial charge in [-0.1, -0.05) is 0 Å². The van der Waals surface area contributed by atoms with Gasteiger partial charge in [-0.25, -0.2) is 4.98 Å². The molecule has 5 heteroatoms. The first kappa shape index (κ1) is 8.73. The van der Waals surface area contributed by atoms with Crippen LogP contribution in [0, 0.1) is 0 Å². The standard InChI is InChI=1S/C7H12N4O/c1-8-7(12)4-9-2-6-3-10-5-11-6/h3,5,9H,2,4H2,1H3,(H,8,12)(H,10,11). The van der Waals surface area contributed by atoms with Gasteiger partial charge in [-0.3, -0.25) is 4.79 Å². The van der Waals surface area contributed by atoms with Crippen LogP contribution in [-0.4, -0.2) is 29.5 Å². The molecular weight excluding hydrogens is 156 g/mol. The summed E-state index contributed by atoms with van der Waals surface area (Å²) < 4.78 is 0. The molecule has 0 fully saturated rings. The van der Waals surface area contributed by atoms with Crippen molar-refractivity contribution in [3.8, 4) is 0 Å². The van der Waals surface area contributed by atoms with E-state index >= 15 is 0 Å². The summed E-state index contributed by atoms with van der Waals surface area (Å²) in [6.45, 7) is 0.961. The van der Waals surface area contributed by atoms with Crippen LogP contribution < -0.4 is 10.6 Å². The summed E-state index contributed by atoms with van der Waals surface area (Å²) in [6, 6.07) is 0. The van der Waals surface area contributed by atoms with E-state index < -0.39 is 0 Å². The van der Waals surface area contributed by atoms with Crippen molar-refractivity contribution in [3.63, 3.8) is 0 Å². The molecule has 0 saturated heterocycles. The smallest absolute Gasteiger partial charge is 0.233 e. The van der Waals surface area contributed by atoms with E-state index in [1.165, 1.54) is 0 Å². The molecule has 0 bridgehead atoms. The van der Waals surface area contributed by atoms with Crippen LogP contribution in [0.1, 0.15) is 5.69 Å². The lowest BCUT2D eigenvalue weighted by atomic mass is 10.4. The quantitative estimate of drug-likeness (QED) is 0.553. The number of nitrogens with zero attached hydrogens (tertiary/aromatic N) is 1. The summed E-state index contributed by atoms with van der Waals surface area (Å²) in [6.07, 6.45) is 3.33. The van der Waals surface area contributed by atoms with Crippen LogP contribution in [0.15, 0.2) is 12.5 Å². The second-order valence-corrected chi connectivity index (χ2v) is 2.35. The fraction of sp³-hybridized carbons (Fsp3) is 0.429. The summed E-state index contributed by atoms with van der Waals surface area (Å²) in [5.74, 6) is -0.0190. The predicted molar refractivity (Wildman–Crippen MR) is 44.4 cm³/mol. The maximum atomic E-state index is 10.7. The van der Waals surface area contributed by atoms with Gasteiger partial charge in [0, 0.05) is 25.5 Å². The Hall–Kier alpha value is -1.36. The van der Waals surface area contributed by atoms with Crippen molar-refractivity contribution < 1.29 is 4.79 Å². The van der Waals surface area contributed by atoms with Crippen molar-refractivity contribution in [3.05, 3.63) is 18.2 Å². The topological polar surface area (TPSA) is 69.8 Å². The molecule has 1 aromatic heterocycles. The zero-order chi connectivity index (χ0) is 8.81. The Bertz CT molecular complexity index is 232. The Kier molecular flexibility index (Phi) is 3.28. The molecule has 0 spiro atoms. The van der Waals surface area contributed by atoms with Gasteiger partial charge in [0.05, 0.1) is 12.9 Å². The fourth-order valence-electron chi connectivity index (χ4n) is 0.780. The number of H-pyrrole nitrogens is 1. The van der Waals surface area contributed by atoms with Gasteiger partial charge in [0.25, 0.3) is 0 Å². The number of amides is 1. The molecule has 1 aromatic rings. The molecule has 1 rings (SSSR count). The van der Waals surface area contributed by atoms with E-state index in [1.54, 1.807) is 19.6 Å². The van der Waals surface area contributed by atoms with Crippen LogP contribution in [0.2, 0.25) is 0 Å². The normalized spacial score (nSPS) is 9.75. The number of nitrogens with one attached hydrogen (secondary N) is 3. The van der Waals surface area contributed by atoms with Crippen LogP contribution >= 0.6 is 0 Å². The summed E-state index contributed by atoms with van der Waals surface area (Å²) in [5.41, 5.74) is 0.971. The average Bonchev–Trinajstić information content (AvgIpc) is 2.57. The minimum atomic E-state index is -0.0190. The third kappa shape index (κ3) is 2.71. The highest BCUT2D eigenvalue weighted by atomic mass is 16.1. The van der Waals surface area contributed by atoms with E-state index in [1.807, 2.05) is 0 Å². The van der Waals surface area contributed by atoms with Crippen molar-refractivity contribution in [1.29, 1.82) is 0 Å². The van der Waals surface area contributed by atoms with Crippen LogP contribution in [0.3, 0.4) is 0 Å². The molecule has 66 valence electrons. The second kappa shape index (κ2) is 4.50. The zero-order valence-electron chi connectivity index (χ0n) is 6.92. The lowest BCUT2D eigenvalue weighted by Crippen LogP contribution is -2.31. The van der Waals surface area contributed by atoms with Crippen LogP contribution in [0.5, 0.6) is 0 Å². The molecule has 0 aromatic carbocycles. The van der Waals surface area contributed by atoms with Crippen LogP contribution in [-0.2, 0) is 11.3 Å². The number of rotatable bonds is 4. The van der Waals surface area contributed by atoms with Gasteiger partial charge in [0.1, 0.15) is 0 Å². The van der Waals surface area contributed by atoms with E-state index in [4.69, 9.17) is 0 Å². The number of imidazole rings is 1. The van der Waals surface area contributed by atoms with Gasteiger partial charge in [-0.05, 0) is 0 Å². The van der Waals surface area contributed by atoms with E-state index in [2.05, 4.69) is 20.6 Å². The van der Waals surface area contributed by atoms with Crippen molar-refractivity contribution in [1.82, 2.24) is 20.6 Å². The van der Waals surface area contributed by atoms with Crippen LogP contribution in [0.25, 0.3) is 0 Å². The maximum Gasteiger partial charge on any atom is 0.233 e. The van der Waals surface area contributed by atoms with Gasteiger partial charge in [0.15, 0.2) is 0 Å². The molecule has 0 aliphatic rings. The van der Waals surface area contributed by atoms with Crippen LogP contribution in [0.4, 0.5) is 0 Å². The third-order valence-corrected chi connectivity index (χ3v) is 1.43. The summed E-state index contributed by atoms with van der Waals surface area (Å²) in [5, 5.41) is 5.47. The monoisotopic (exact) mass is 168 g/mol. The van der Waals surface area contributed by atoms with E-state index in [0.29, 0.717) is 13.1 Å². The molecule has 5 nitrogen and oxygen atoms in total. The Balaban J connectivity index is 2.15. The van der Waals surface area contributed by atoms with Crippen molar-refractivity contribution in [2.45, 2.75) is 6.54 Å². The molecule has 3 N–H and O–H groups in total. The Morgan fingerprint density at radius 1 is 1.75 bits per heavy atom. The van der Waals surface area contributed by atoms with Crippen molar-refractivity contribution in [2.75, 3.05) is 13.6 Å². The molecule has 1 amide bonds. The highest BCUT2D eigenvalue weighted by Gasteiger charge is 1.96. The molecule has 0 radical (unpaired) electrons. The number of carbonyl (C=O) groups excluding carboxylic acids is 1. The highest BCUT2D eigenvalue weighted by molar-refractivity contribution is 5.77. The number of hydrogen-bond donors (Lipinski definition) is 3. The first-order chi connectivity index (χ1) is 5.83. The first-order valence-electron chi connectivity index (χ1n) is 3.71. The van der Waals surface area contributed by atoms with Crippen molar-refractivity contribution in [2.24, 2.45) is 0 Å². The van der Waals surface area contributed by atoms with Crippen molar-refractivity contribution >= 4 is 5.91 Å². The minimum absolute atomic E-state index is 0.0190. The molecule has 0 aliphatic heterocycles. The maximum absolute atomic E-state index is 10.7. The van der Waals surface area contributed by atoms with E-state index in [9.17, 15) is 4.79 Å². The minimum Gasteiger partial charge on any atom is -0.358 e. The number of aromatic nitrogens is 2. The average molecular weight is 168 g/mol. The second-order valence-electron chi connectivity index (χ2n) is 2.35. The summed E-state index contributed by atoms with van der Waals surface area (Å²) in [7, 11) is 1.61. The summed E-state index contributed by atoms with van der Waals surface area (Å²) >= 11 is 0. The predicted octanol–water partition coefficient (Wildman–Crippen LogP) is -0.755. The Morgan fingerprint density at radius 2 is 2.58 bits per heavy atom. The summed E-state index contributed by atoms with van der Waals surface area (Å²) in [4.78, 5) is 17.5. The lowest BCUT2D eigenvalue weighted by Gasteiger charge is -2.00. The highest BCUT2D eigenvalue weighted by Crippen LogP contribution is 1.87. The number of likely N-dealkylation sites (N-methyl/N-ethyl adjacent to an activating group) is 1. The fourth-order valence-corrected chi connectivity index (χ4v) is 0.780. The van der Waals surface area contributed by atoms with Gasteiger partial charge < -0.3 is 15.6 Å². The molecule has 0 atom stereocenters. The number of hydrogen-bond acceptors (Lipinski definition) is 3. The van der Waals surface area contributed by atoms with Gasteiger partial charge in [0.2, 0.25) is 5.91 Å². The molecule has 0 aliphatic carbocycles. The first-order valence-corrected chi connectivity index (χ1v) is 3.71. The van der Waals surface area contributed by atoms with Gasteiger partial charge >= 0.3 is 0 Å². The third-order valence-electron chi connectivity index (χ3n) is 1.43. The van der Waals surface area contributed by atoms with E-state index in [0.717, 1.165) is 5.69 Å². The molecule has 0 unspecified atom stereocenters. The lowest BCUT2D eigenvalue weighted by molar-refractivity contribution is -0.119.